The number of nitrogens with one attached hydrogen (secondary N) is 1. The number of halogens is 1. The summed E-state index contributed by atoms with van der Waals surface area (Å²) in [5, 5.41) is 13.9. The number of carbonyl (C=O) groups excluding carboxylic acids is 1. The van der Waals surface area contributed by atoms with E-state index < -0.39 is 0 Å². The van der Waals surface area contributed by atoms with Crippen molar-refractivity contribution in [2.45, 2.75) is 6.42 Å². The monoisotopic (exact) mass is 314 g/mol. The van der Waals surface area contributed by atoms with E-state index in [1.165, 1.54) is 12.1 Å². The number of anilines is 1. The van der Waals surface area contributed by atoms with E-state index in [0.29, 0.717) is 10.7 Å². The summed E-state index contributed by atoms with van der Waals surface area (Å²) in [7, 11) is 1.95. The summed E-state index contributed by atoms with van der Waals surface area (Å²) in [6, 6.07) is 12.5. The first-order valence-corrected chi connectivity index (χ1v) is 7.23. The van der Waals surface area contributed by atoms with Crippen LogP contribution in [0, 0.1) is 0 Å². The number of phenolic OH excluding ortho intramolecular Hbond substituents is 1. The fourth-order valence-corrected chi connectivity index (χ4v) is 2.71. The number of hydrogen-bond acceptors (Lipinski definition) is 2. The zero-order chi connectivity index (χ0) is 15.7. The summed E-state index contributed by atoms with van der Waals surface area (Å²) in [6.45, 7) is 0. The molecule has 4 nitrogen and oxygen atoms in total. The third-order valence-electron chi connectivity index (χ3n) is 3.56. The normalized spacial score (nSPS) is 10.8. The van der Waals surface area contributed by atoms with Crippen LogP contribution in [0.2, 0.25) is 5.02 Å². The van der Waals surface area contributed by atoms with Gasteiger partial charge in [-0.05, 0) is 29.8 Å². The fourth-order valence-electron chi connectivity index (χ4n) is 2.54. The molecule has 0 atom stereocenters. The van der Waals surface area contributed by atoms with E-state index in [4.69, 9.17) is 11.6 Å². The molecule has 0 saturated heterocycles. The van der Waals surface area contributed by atoms with Crippen LogP contribution in [0.4, 0.5) is 5.69 Å². The lowest BCUT2D eigenvalue weighted by molar-refractivity contribution is -0.115. The Labute approximate surface area is 132 Å². The Morgan fingerprint density at radius 3 is 2.86 bits per heavy atom. The van der Waals surface area contributed by atoms with Crippen molar-refractivity contribution in [2.75, 3.05) is 5.32 Å². The predicted molar refractivity (Wildman–Crippen MR) is 88.4 cm³/mol. The molecule has 0 aliphatic rings. The number of carbonyl (C=O) groups is 1. The van der Waals surface area contributed by atoms with Gasteiger partial charge in [-0.1, -0.05) is 29.8 Å². The number of amides is 1. The number of phenols is 1. The highest BCUT2D eigenvalue weighted by molar-refractivity contribution is 6.31. The average Bonchev–Trinajstić information content (AvgIpc) is 2.80. The van der Waals surface area contributed by atoms with Crippen LogP contribution < -0.4 is 5.32 Å². The van der Waals surface area contributed by atoms with Gasteiger partial charge in [0.25, 0.3) is 0 Å². The average molecular weight is 315 g/mol. The minimum atomic E-state index is -0.200. The Hall–Kier alpha value is -2.46. The minimum Gasteiger partial charge on any atom is -0.506 e. The third kappa shape index (κ3) is 2.78. The van der Waals surface area contributed by atoms with Crippen molar-refractivity contribution < 1.29 is 9.90 Å². The summed E-state index contributed by atoms with van der Waals surface area (Å²) in [6.07, 6.45) is 2.18. The number of hydrogen-bond donors (Lipinski definition) is 2. The van der Waals surface area contributed by atoms with E-state index in [0.717, 1.165) is 16.5 Å². The molecular weight excluding hydrogens is 300 g/mol. The van der Waals surface area contributed by atoms with E-state index in [2.05, 4.69) is 5.32 Å². The molecule has 0 unspecified atom stereocenters. The van der Waals surface area contributed by atoms with Crippen LogP contribution >= 0.6 is 11.6 Å². The number of aromatic hydroxyl groups is 1. The Bertz CT molecular complexity index is 855. The molecule has 3 rings (SSSR count). The van der Waals surface area contributed by atoms with E-state index >= 15 is 0 Å². The van der Waals surface area contributed by atoms with Crippen molar-refractivity contribution in [3.8, 4) is 5.75 Å². The summed E-state index contributed by atoms with van der Waals surface area (Å²) in [5.74, 6) is -0.204. The molecule has 1 amide bonds. The van der Waals surface area contributed by atoms with Gasteiger partial charge < -0.3 is 15.0 Å². The van der Waals surface area contributed by atoms with Gasteiger partial charge in [-0.25, -0.2) is 0 Å². The molecule has 1 aromatic heterocycles. The highest BCUT2D eigenvalue weighted by Gasteiger charge is 2.12. The summed E-state index contributed by atoms with van der Waals surface area (Å²) in [5.41, 5.74) is 2.34. The number of aromatic nitrogens is 1. The molecule has 3 aromatic rings. The van der Waals surface area contributed by atoms with Crippen LogP contribution in [0.25, 0.3) is 10.9 Å². The lowest BCUT2D eigenvalue weighted by Gasteiger charge is -2.07. The first-order chi connectivity index (χ1) is 10.5. The Morgan fingerprint density at radius 2 is 2.05 bits per heavy atom. The standard InChI is InChI=1S/C17H15ClN2O2/c1-20-10-11(13-4-2-3-5-15(13)20)8-17(22)19-14-9-12(18)6-7-16(14)21/h2-7,9-10,21H,8H2,1H3,(H,19,22). The first kappa shape index (κ1) is 14.5. The molecule has 0 bridgehead atoms. The summed E-state index contributed by atoms with van der Waals surface area (Å²) < 4.78 is 1.99. The molecule has 1 heterocycles. The van der Waals surface area contributed by atoms with Gasteiger partial charge in [0, 0.05) is 29.2 Å². The maximum atomic E-state index is 12.2. The van der Waals surface area contributed by atoms with Crippen LogP contribution in [-0.4, -0.2) is 15.6 Å². The van der Waals surface area contributed by atoms with Crippen LogP contribution in [0.5, 0.6) is 5.75 Å². The van der Waals surface area contributed by atoms with Gasteiger partial charge in [0.1, 0.15) is 5.75 Å². The molecule has 0 radical (unpaired) electrons. The van der Waals surface area contributed by atoms with Gasteiger partial charge in [0.05, 0.1) is 12.1 Å². The Balaban J connectivity index is 1.83. The molecule has 0 spiro atoms. The molecule has 5 heteroatoms. The Kier molecular flexibility index (Phi) is 3.77. The SMILES string of the molecule is Cn1cc(CC(=O)Nc2cc(Cl)ccc2O)c2ccccc21. The molecule has 0 fully saturated rings. The van der Waals surface area contributed by atoms with Crippen LogP contribution in [0.15, 0.2) is 48.7 Å². The Morgan fingerprint density at radius 1 is 1.27 bits per heavy atom. The van der Waals surface area contributed by atoms with Gasteiger partial charge in [0.15, 0.2) is 0 Å². The molecule has 0 saturated carbocycles. The number of rotatable bonds is 3. The van der Waals surface area contributed by atoms with Crippen molar-refractivity contribution >= 4 is 34.1 Å². The summed E-state index contributed by atoms with van der Waals surface area (Å²) in [4.78, 5) is 12.2. The zero-order valence-corrected chi connectivity index (χ0v) is 12.8. The van der Waals surface area contributed by atoms with Gasteiger partial charge in [0.2, 0.25) is 5.91 Å². The van der Waals surface area contributed by atoms with Crippen LogP contribution in [-0.2, 0) is 18.3 Å². The zero-order valence-electron chi connectivity index (χ0n) is 12.0. The van der Waals surface area contributed by atoms with Gasteiger partial charge >= 0.3 is 0 Å². The molecule has 22 heavy (non-hydrogen) atoms. The number of fused-ring (bicyclic) bond motifs is 1. The topological polar surface area (TPSA) is 54.3 Å². The van der Waals surface area contributed by atoms with Crippen molar-refractivity contribution in [2.24, 2.45) is 7.05 Å². The highest BCUT2D eigenvalue weighted by Crippen LogP contribution is 2.27. The van der Waals surface area contributed by atoms with E-state index in [9.17, 15) is 9.90 Å². The van der Waals surface area contributed by atoms with Crippen molar-refractivity contribution in [3.63, 3.8) is 0 Å². The lowest BCUT2D eigenvalue weighted by atomic mass is 10.1. The molecule has 112 valence electrons. The smallest absolute Gasteiger partial charge is 0.228 e. The molecular formula is C17H15ClN2O2. The van der Waals surface area contributed by atoms with Crippen LogP contribution in [0.1, 0.15) is 5.56 Å². The third-order valence-corrected chi connectivity index (χ3v) is 3.80. The minimum absolute atomic E-state index is 0.00401. The van der Waals surface area contributed by atoms with E-state index in [-0.39, 0.29) is 18.1 Å². The summed E-state index contributed by atoms with van der Waals surface area (Å²) >= 11 is 5.88. The quantitative estimate of drug-likeness (QED) is 0.724. The van der Waals surface area contributed by atoms with Gasteiger partial charge in [-0.15, -0.1) is 0 Å². The number of para-hydroxylation sites is 1. The second-order valence-electron chi connectivity index (χ2n) is 5.17. The van der Waals surface area contributed by atoms with E-state index in [1.807, 2.05) is 42.1 Å². The maximum Gasteiger partial charge on any atom is 0.228 e. The van der Waals surface area contributed by atoms with Crippen LogP contribution in [0.3, 0.4) is 0 Å². The van der Waals surface area contributed by atoms with Crippen molar-refractivity contribution in [1.82, 2.24) is 4.57 Å². The molecule has 2 aromatic carbocycles. The fraction of sp³-hybridized carbons (Fsp3) is 0.118. The molecule has 0 aliphatic carbocycles. The van der Waals surface area contributed by atoms with Gasteiger partial charge in [-0.2, -0.15) is 0 Å². The molecule has 0 aliphatic heterocycles. The highest BCUT2D eigenvalue weighted by atomic mass is 35.5. The second kappa shape index (κ2) is 5.73. The second-order valence-corrected chi connectivity index (χ2v) is 5.61. The molecule has 2 N–H and O–H groups in total. The first-order valence-electron chi connectivity index (χ1n) is 6.86. The van der Waals surface area contributed by atoms with Crippen molar-refractivity contribution in [1.29, 1.82) is 0 Å². The largest absolute Gasteiger partial charge is 0.506 e. The number of aryl methyl sites for hydroxylation is 1. The lowest BCUT2D eigenvalue weighted by Crippen LogP contribution is -2.14. The number of nitrogens with zero attached hydrogens (tertiary/aromatic N) is 1. The predicted octanol–water partition coefficient (Wildman–Crippen LogP) is 3.72. The number of benzene rings is 2. The van der Waals surface area contributed by atoms with Crippen molar-refractivity contribution in [3.05, 3.63) is 59.2 Å². The van der Waals surface area contributed by atoms with E-state index in [1.54, 1.807) is 6.07 Å². The van der Waals surface area contributed by atoms with Gasteiger partial charge in [-0.3, -0.25) is 4.79 Å². The maximum absolute atomic E-state index is 12.2.